The number of hydrogen-bond acceptors (Lipinski definition) is 6. The molecule has 194 valence electrons. The van der Waals surface area contributed by atoms with E-state index < -0.39 is 0 Å². The van der Waals surface area contributed by atoms with Crippen LogP contribution in [0.2, 0.25) is 0 Å². The Kier molecular flexibility index (Phi) is 7.33. The number of nitrogens with zero attached hydrogens (tertiary/aromatic N) is 4. The van der Waals surface area contributed by atoms with Crippen molar-refractivity contribution in [3.05, 3.63) is 59.7 Å². The Labute approximate surface area is 219 Å². The topological polar surface area (TPSA) is 81.2 Å². The van der Waals surface area contributed by atoms with Gasteiger partial charge in [-0.3, -0.25) is 4.90 Å². The van der Waals surface area contributed by atoms with Crippen LogP contribution < -0.4 is 15.8 Å². The Morgan fingerprint density at radius 2 is 1.97 bits per heavy atom. The lowest BCUT2D eigenvalue weighted by molar-refractivity contribution is 0.248. The van der Waals surface area contributed by atoms with Crippen LogP contribution in [0, 0.1) is 0 Å². The Morgan fingerprint density at radius 3 is 2.76 bits per heavy atom. The number of rotatable bonds is 9. The molecule has 2 aromatic heterocycles. The lowest BCUT2D eigenvalue weighted by Crippen LogP contribution is -2.35. The van der Waals surface area contributed by atoms with Crippen LogP contribution in [0.1, 0.15) is 51.2 Å². The third-order valence-electron chi connectivity index (χ3n) is 7.33. The molecule has 3 heterocycles. The Morgan fingerprint density at radius 1 is 1.14 bits per heavy atom. The number of ether oxygens (including phenoxy) is 1. The molecule has 0 unspecified atom stereocenters. The normalized spacial score (nSPS) is 14.5. The number of para-hydroxylation sites is 1. The highest BCUT2D eigenvalue weighted by Gasteiger charge is 2.21. The Hall–Kier alpha value is -3.58. The molecule has 37 heavy (non-hydrogen) atoms. The van der Waals surface area contributed by atoms with E-state index in [1.54, 1.807) is 7.11 Å². The first-order valence-electron chi connectivity index (χ1n) is 13.4. The first-order valence-corrected chi connectivity index (χ1v) is 13.4. The summed E-state index contributed by atoms with van der Waals surface area (Å²) < 4.78 is 8.14. The highest BCUT2D eigenvalue weighted by molar-refractivity contribution is 6.09. The van der Waals surface area contributed by atoms with Crippen LogP contribution in [0.3, 0.4) is 0 Å². The number of fused-ring (bicyclic) bond motifs is 3. The van der Waals surface area contributed by atoms with E-state index in [9.17, 15) is 0 Å². The van der Waals surface area contributed by atoms with E-state index in [0.29, 0.717) is 12.6 Å². The molecule has 0 saturated carbocycles. The fraction of sp³-hybridized carbons (Fsp3) is 0.400. The maximum atomic E-state index is 6.16. The number of aromatic nitrogens is 3. The third kappa shape index (κ3) is 5.01. The predicted octanol–water partition coefficient (Wildman–Crippen LogP) is 5.93. The van der Waals surface area contributed by atoms with Gasteiger partial charge in [-0.15, -0.1) is 0 Å². The van der Waals surface area contributed by atoms with Gasteiger partial charge < -0.3 is 20.4 Å². The minimum atomic E-state index is 0.285. The van der Waals surface area contributed by atoms with E-state index in [-0.39, 0.29) is 5.95 Å². The average molecular weight is 499 g/mol. The van der Waals surface area contributed by atoms with Crippen molar-refractivity contribution in [2.45, 2.75) is 52.6 Å². The van der Waals surface area contributed by atoms with Gasteiger partial charge in [0.1, 0.15) is 16.8 Å². The minimum Gasteiger partial charge on any atom is -0.496 e. The number of anilines is 2. The van der Waals surface area contributed by atoms with Crippen molar-refractivity contribution in [1.29, 1.82) is 0 Å². The number of benzene rings is 2. The van der Waals surface area contributed by atoms with Gasteiger partial charge in [-0.25, -0.2) is 4.98 Å². The molecule has 5 rings (SSSR count). The van der Waals surface area contributed by atoms with E-state index in [0.717, 1.165) is 78.0 Å². The number of nitrogens with two attached hydrogens (primary N) is 1. The number of nitrogens with one attached hydrogen (secondary N) is 1. The van der Waals surface area contributed by atoms with Crippen LogP contribution in [-0.2, 0) is 6.54 Å². The highest BCUT2D eigenvalue weighted by Crippen LogP contribution is 2.35. The summed E-state index contributed by atoms with van der Waals surface area (Å²) in [7, 11) is 1.74. The summed E-state index contributed by atoms with van der Waals surface area (Å²) in [6, 6.07) is 15.5. The fourth-order valence-electron chi connectivity index (χ4n) is 5.31. The van der Waals surface area contributed by atoms with E-state index >= 15 is 0 Å². The molecule has 2 aromatic carbocycles. The molecule has 0 bridgehead atoms. The van der Waals surface area contributed by atoms with Crippen LogP contribution in [0.5, 0.6) is 5.75 Å². The molecule has 3 N–H and O–H groups in total. The fourth-order valence-corrected chi connectivity index (χ4v) is 5.31. The lowest BCUT2D eigenvalue weighted by atomic mass is 9.98. The lowest BCUT2D eigenvalue weighted by Gasteiger charge is -2.31. The molecule has 0 atom stereocenters. The summed E-state index contributed by atoms with van der Waals surface area (Å²) >= 11 is 0. The number of nitrogen functional groups attached to an aromatic ring is 1. The Bertz CT molecular complexity index is 1440. The highest BCUT2D eigenvalue weighted by atomic mass is 16.5. The van der Waals surface area contributed by atoms with Crippen LogP contribution in [0.25, 0.3) is 27.5 Å². The molecule has 0 fully saturated rings. The Balaban J connectivity index is 1.62. The summed E-state index contributed by atoms with van der Waals surface area (Å²) in [6.07, 6.45) is 5.63. The summed E-state index contributed by atoms with van der Waals surface area (Å²) in [5.41, 5.74) is 12.9. The maximum absolute atomic E-state index is 6.16. The van der Waals surface area contributed by atoms with Crippen LogP contribution >= 0.6 is 0 Å². The van der Waals surface area contributed by atoms with Gasteiger partial charge >= 0.3 is 0 Å². The van der Waals surface area contributed by atoms with Crippen LogP contribution in [0.4, 0.5) is 11.8 Å². The van der Waals surface area contributed by atoms with Crippen molar-refractivity contribution < 1.29 is 4.74 Å². The largest absolute Gasteiger partial charge is 0.496 e. The van der Waals surface area contributed by atoms with Gasteiger partial charge in [-0.2, -0.15) is 4.98 Å². The average Bonchev–Trinajstić information content (AvgIpc) is 3.22. The van der Waals surface area contributed by atoms with Gasteiger partial charge in [-0.1, -0.05) is 43.7 Å². The smallest absolute Gasteiger partial charge is 0.222 e. The summed E-state index contributed by atoms with van der Waals surface area (Å²) in [5, 5.41) is 4.60. The van der Waals surface area contributed by atoms with Gasteiger partial charge in [-0.05, 0) is 56.0 Å². The van der Waals surface area contributed by atoms with E-state index in [4.69, 9.17) is 10.5 Å². The number of unbranched alkanes of at least 4 members (excludes halogenated alkanes) is 1. The second-order valence-electron chi connectivity index (χ2n) is 10.1. The molecule has 0 saturated heterocycles. The standard InChI is InChI=1S/C30H38N6O/c1-5-6-15-32-29-28-27(33-30(31)34-29)24-11-7-8-12-25(24)36(28)19-23-17-21(13-14-26(23)37-4)22-10-9-16-35(18-22)20(2)3/h7-8,10-14,17,20H,5-6,9,15-16,18-19H2,1-4H3,(H3,31,32,33,34). The van der Waals surface area contributed by atoms with Crippen molar-refractivity contribution in [1.82, 2.24) is 19.4 Å². The molecule has 1 aliphatic rings. The van der Waals surface area contributed by atoms with Gasteiger partial charge in [0.05, 0.1) is 19.2 Å². The molecule has 0 aliphatic carbocycles. The first-order chi connectivity index (χ1) is 18.0. The second-order valence-corrected chi connectivity index (χ2v) is 10.1. The van der Waals surface area contributed by atoms with Crippen molar-refractivity contribution in [3.63, 3.8) is 0 Å². The molecule has 7 heteroatoms. The van der Waals surface area contributed by atoms with Crippen molar-refractivity contribution in [2.75, 3.05) is 37.8 Å². The molecular formula is C30H38N6O. The van der Waals surface area contributed by atoms with Crippen LogP contribution in [0.15, 0.2) is 48.5 Å². The van der Waals surface area contributed by atoms with E-state index in [2.05, 4.69) is 88.0 Å². The monoisotopic (exact) mass is 498 g/mol. The zero-order valence-corrected chi connectivity index (χ0v) is 22.4. The van der Waals surface area contributed by atoms with Crippen molar-refractivity contribution >= 4 is 39.3 Å². The molecule has 1 aliphatic heterocycles. The molecule has 0 spiro atoms. The second kappa shape index (κ2) is 10.8. The maximum Gasteiger partial charge on any atom is 0.222 e. The molecular weight excluding hydrogens is 460 g/mol. The van der Waals surface area contributed by atoms with Gasteiger partial charge in [0.15, 0.2) is 5.82 Å². The molecule has 0 radical (unpaired) electrons. The van der Waals surface area contributed by atoms with E-state index in [1.165, 1.54) is 11.1 Å². The molecule has 7 nitrogen and oxygen atoms in total. The first kappa shape index (κ1) is 25.1. The van der Waals surface area contributed by atoms with Gasteiger partial charge in [0.2, 0.25) is 5.95 Å². The SMILES string of the molecule is CCCCNc1nc(N)nc2c3ccccc3n(Cc3cc(C4=CCCN(C(C)C)C4)ccc3OC)c12. The summed E-state index contributed by atoms with van der Waals surface area (Å²) in [6.45, 7) is 10.3. The van der Waals surface area contributed by atoms with Crippen molar-refractivity contribution in [2.24, 2.45) is 0 Å². The zero-order chi connectivity index (χ0) is 25.9. The quantitative estimate of drug-likeness (QED) is 0.278. The van der Waals surface area contributed by atoms with Gasteiger partial charge in [0, 0.05) is 36.6 Å². The predicted molar refractivity (Wildman–Crippen MR) is 154 cm³/mol. The number of methoxy groups -OCH3 is 1. The molecule has 4 aromatic rings. The van der Waals surface area contributed by atoms with Crippen LogP contribution in [-0.4, -0.2) is 52.2 Å². The van der Waals surface area contributed by atoms with Gasteiger partial charge in [0.25, 0.3) is 0 Å². The summed E-state index contributed by atoms with van der Waals surface area (Å²) in [5.74, 6) is 1.95. The van der Waals surface area contributed by atoms with Crippen molar-refractivity contribution in [3.8, 4) is 5.75 Å². The third-order valence-corrected chi connectivity index (χ3v) is 7.33. The van der Waals surface area contributed by atoms with E-state index in [1.807, 2.05) is 6.07 Å². The number of hydrogen-bond donors (Lipinski definition) is 2. The summed E-state index contributed by atoms with van der Waals surface area (Å²) in [4.78, 5) is 11.8. The molecule has 0 amide bonds. The minimum absolute atomic E-state index is 0.285. The zero-order valence-electron chi connectivity index (χ0n) is 22.4.